The smallest absolute Gasteiger partial charge is 0.246 e. The second-order valence-electron chi connectivity index (χ2n) is 6.78. The van der Waals surface area contributed by atoms with Crippen molar-refractivity contribution >= 4 is 23.2 Å². The topological polar surface area (TPSA) is 85.2 Å². The van der Waals surface area contributed by atoms with E-state index in [0.717, 1.165) is 11.3 Å². The molecule has 0 spiro atoms. The van der Waals surface area contributed by atoms with E-state index in [9.17, 15) is 4.79 Å². The number of ether oxygens (including phenoxy) is 1. The zero-order valence-electron chi connectivity index (χ0n) is 16.0. The number of nitrogens with zero attached hydrogens (tertiary/aromatic N) is 5. The molecule has 9 heteroatoms. The molecule has 0 bridgehead atoms. The Morgan fingerprint density at radius 3 is 2.62 bits per heavy atom. The number of hydrogen-bond donors (Lipinski definition) is 1. The van der Waals surface area contributed by atoms with Gasteiger partial charge in [0.05, 0.1) is 18.9 Å². The molecule has 29 heavy (non-hydrogen) atoms. The lowest BCUT2D eigenvalue weighted by Crippen LogP contribution is -2.43. The van der Waals surface area contributed by atoms with E-state index in [1.165, 1.54) is 0 Å². The number of carbonyl (C=O) groups is 1. The molecule has 1 aliphatic heterocycles. The highest BCUT2D eigenvalue weighted by Crippen LogP contribution is 2.26. The number of halogens is 1. The van der Waals surface area contributed by atoms with E-state index in [1.54, 1.807) is 16.8 Å². The number of nitrogens with one attached hydrogen (secondary N) is 1. The Labute approximate surface area is 173 Å². The third kappa shape index (κ3) is 4.45. The molecule has 1 N–H and O–H groups in total. The minimum atomic E-state index is -0.436. The third-order valence-corrected chi connectivity index (χ3v) is 5.08. The monoisotopic (exact) mass is 412 g/mol. The first kappa shape index (κ1) is 19.5. The molecule has 0 radical (unpaired) electrons. The van der Waals surface area contributed by atoms with Crippen molar-refractivity contribution in [1.29, 1.82) is 0 Å². The van der Waals surface area contributed by atoms with Crippen molar-refractivity contribution in [3.05, 3.63) is 64.9 Å². The number of morpholine rings is 1. The molecule has 0 aliphatic carbocycles. The molecular weight excluding hydrogens is 392 g/mol. The molecule has 0 unspecified atom stereocenters. The van der Waals surface area contributed by atoms with Crippen LogP contribution in [-0.2, 0) is 9.53 Å². The maximum absolute atomic E-state index is 13.3. The van der Waals surface area contributed by atoms with Crippen LogP contribution in [0.5, 0.6) is 0 Å². The zero-order valence-corrected chi connectivity index (χ0v) is 16.7. The van der Waals surface area contributed by atoms with Gasteiger partial charge in [-0.25, -0.2) is 0 Å². The van der Waals surface area contributed by atoms with Crippen molar-refractivity contribution in [2.45, 2.75) is 13.0 Å². The minimum Gasteiger partial charge on any atom is -0.379 e. The Morgan fingerprint density at radius 1 is 1.17 bits per heavy atom. The maximum atomic E-state index is 13.3. The van der Waals surface area contributed by atoms with E-state index in [0.29, 0.717) is 42.8 Å². The quantitative estimate of drug-likeness (QED) is 0.693. The Morgan fingerprint density at radius 2 is 1.93 bits per heavy atom. The lowest BCUT2D eigenvalue weighted by molar-refractivity contribution is -0.123. The molecule has 4 rings (SSSR count). The lowest BCUT2D eigenvalue weighted by Gasteiger charge is -2.33. The Kier molecular flexibility index (Phi) is 5.84. The number of hydrogen-bond acceptors (Lipinski definition) is 6. The highest BCUT2D eigenvalue weighted by Gasteiger charge is 2.29. The van der Waals surface area contributed by atoms with Gasteiger partial charge in [-0.05, 0) is 53.2 Å². The van der Waals surface area contributed by atoms with Crippen LogP contribution in [0.4, 0.5) is 5.69 Å². The number of anilines is 1. The number of tetrazole rings is 1. The van der Waals surface area contributed by atoms with Crippen molar-refractivity contribution in [3.63, 3.8) is 0 Å². The van der Waals surface area contributed by atoms with Gasteiger partial charge in [0.2, 0.25) is 5.91 Å². The van der Waals surface area contributed by atoms with Gasteiger partial charge in [-0.1, -0.05) is 29.8 Å². The second kappa shape index (κ2) is 8.69. The van der Waals surface area contributed by atoms with Crippen molar-refractivity contribution in [1.82, 2.24) is 25.1 Å². The van der Waals surface area contributed by atoms with Gasteiger partial charge in [0.1, 0.15) is 6.04 Å². The summed E-state index contributed by atoms with van der Waals surface area (Å²) in [6.45, 7) is 4.40. The van der Waals surface area contributed by atoms with Crippen LogP contribution < -0.4 is 5.32 Å². The first-order chi connectivity index (χ1) is 14.1. The van der Waals surface area contributed by atoms with E-state index < -0.39 is 6.04 Å². The SMILES string of the molecule is Cc1nnnn1-c1cccc(NC(=O)[C@@H](c2ccc(Cl)cc2)N2CCOCC2)c1. The fourth-order valence-electron chi connectivity index (χ4n) is 3.41. The summed E-state index contributed by atoms with van der Waals surface area (Å²) >= 11 is 6.04. The number of rotatable bonds is 5. The third-order valence-electron chi connectivity index (χ3n) is 4.83. The second-order valence-corrected chi connectivity index (χ2v) is 7.22. The van der Waals surface area contributed by atoms with Crippen LogP contribution in [-0.4, -0.2) is 57.3 Å². The van der Waals surface area contributed by atoms with E-state index in [4.69, 9.17) is 16.3 Å². The van der Waals surface area contributed by atoms with Gasteiger partial charge in [-0.2, -0.15) is 4.68 Å². The van der Waals surface area contributed by atoms with Crippen molar-refractivity contribution in [3.8, 4) is 5.69 Å². The molecule has 1 saturated heterocycles. The largest absolute Gasteiger partial charge is 0.379 e. The molecular formula is C20H21ClN6O2. The number of amides is 1. The summed E-state index contributed by atoms with van der Waals surface area (Å²) in [6, 6.07) is 14.4. The first-order valence-electron chi connectivity index (χ1n) is 9.35. The average Bonchev–Trinajstić information content (AvgIpc) is 3.17. The van der Waals surface area contributed by atoms with E-state index in [2.05, 4.69) is 25.7 Å². The molecule has 1 aromatic heterocycles. The predicted molar refractivity (Wildman–Crippen MR) is 109 cm³/mol. The van der Waals surface area contributed by atoms with Crippen LogP contribution in [0, 0.1) is 6.92 Å². The molecule has 8 nitrogen and oxygen atoms in total. The summed E-state index contributed by atoms with van der Waals surface area (Å²) in [7, 11) is 0. The van der Waals surface area contributed by atoms with Gasteiger partial charge in [0.25, 0.3) is 0 Å². The molecule has 1 atom stereocenters. The number of benzene rings is 2. The van der Waals surface area contributed by atoms with Gasteiger partial charge in [0.15, 0.2) is 5.82 Å². The average molecular weight is 413 g/mol. The van der Waals surface area contributed by atoms with Crippen LogP contribution in [0.1, 0.15) is 17.4 Å². The van der Waals surface area contributed by atoms with E-state index in [-0.39, 0.29) is 5.91 Å². The minimum absolute atomic E-state index is 0.111. The Hall–Kier alpha value is -2.81. The molecule has 1 amide bonds. The Balaban J connectivity index is 1.59. The standard InChI is InChI=1S/C20H21ClN6O2/c1-14-23-24-25-27(14)18-4-2-3-17(13-18)22-20(28)19(26-9-11-29-12-10-26)15-5-7-16(21)8-6-15/h2-8,13,19H,9-12H2,1H3,(H,22,28)/t19-/m1/s1. The van der Waals surface area contributed by atoms with Crippen LogP contribution in [0.2, 0.25) is 5.02 Å². The maximum Gasteiger partial charge on any atom is 0.246 e. The van der Waals surface area contributed by atoms with Crippen molar-refractivity contribution in [2.75, 3.05) is 31.6 Å². The van der Waals surface area contributed by atoms with Gasteiger partial charge in [0, 0.05) is 23.8 Å². The molecule has 1 fully saturated rings. The van der Waals surface area contributed by atoms with Crippen LogP contribution in [0.15, 0.2) is 48.5 Å². The fourth-order valence-corrected chi connectivity index (χ4v) is 3.53. The van der Waals surface area contributed by atoms with Crippen LogP contribution in [0.3, 0.4) is 0 Å². The normalized spacial score (nSPS) is 15.8. The highest BCUT2D eigenvalue weighted by atomic mass is 35.5. The first-order valence-corrected chi connectivity index (χ1v) is 9.73. The fraction of sp³-hybridized carbons (Fsp3) is 0.300. The van der Waals surface area contributed by atoms with Gasteiger partial charge in [-0.3, -0.25) is 9.69 Å². The summed E-state index contributed by atoms with van der Waals surface area (Å²) in [5.41, 5.74) is 2.34. The van der Waals surface area contributed by atoms with E-state index in [1.807, 2.05) is 43.3 Å². The lowest BCUT2D eigenvalue weighted by atomic mass is 10.0. The molecule has 150 valence electrons. The number of carbonyl (C=O) groups excluding carboxylic acids is 1. The van der Waals surface area contributed by atoms with Crippen molar-refractivity contribution < 1.29 is 9.53 Å². The molecule has 2 heterocycles. The van der Waals surface area contributed by atoms with Crippen molar-refractivity contribution in [2.24, 2.45) is 0 Å². The van der Waals surface area contributed by atoms with Gasteiger partial charge in [-0.15, -0.1) is 5.10 Å². The number of aromatic nitrogens is 4. The summed E-state index contributed by atoms with van der Waals surface area (Å²) in [6.07, 6.45) is 0. The molecule has 3 aromatic rings. The summed E-state index contributed by atoms with van der Waals surface area (Å²) < 4.78 is 7.07. The van der Waals surface area contributed by atoms with Crippen LogP contribution in [0.25, 0.3) is 5.69 Å². The Bertz CT molecular complexity index is 985. The summed E-state index contributed by atoms with van der Waals surface area (Å²) in [5.74, 6) is 0.556. The molecule has 1 aliphatic rings. The van der Waals surface area contributed by atoms with E-state index >= 15 is 0 Å². The summed E-state index contributed by atoms with van der Waals surface area (Å²) in [5, 5.41) is 15.2. The molecule has 0 saturated carbocycles. The van der Waals surface area contributed by atoms with Crippen LogP contribution >= 0.6 is 11.6 Å². The summed E-state index contributed by atoms with van der Waals surface area (Å²) in [4.78, 5) is 15.4. The highest BCUT2D eigenvalue weighted by molar-refractivity contribution is 6.30. The molecule has 2 aromatic carbocycles. The van der Waals surface area contributed by atoms with Gasteiger partial charge < -0.3 is 10.1 Å². The zero-order chi connectivity index (χ0) is 20.2. The number of aryl methyl sites for hydroxylation is 1. The van der Waals surface area contributed by atoms with Gasteiger partial charge >= 0.3 is 0 Å². The predicted octanol–water partition coefficient (Wildman–Crippen LogP) is 2.64.